The zero-order chi connectivity index (χ0) is 19.9. The smallest absolute Gasteiger partial charge is 0.305 e. The Labute approximate surface area is 161 Å². The van der Waals surface area contributed by atoms with E-state index in [1.165, 1.54) is 0 Å². The lowest BCUT2D eigenvalue weighted by molar-refractivity contribution is -0.137. The minimum Gasteiger partial charge on any atom is -0.497 e. The van der Waals surface area contributed by atoms with Crippen LogP contribution in [0, 0.1) is 0 Å². The van der Waals surface area contributed by atoms with E-state index in [9.17, 15) is 9.59 Å². The highest BCUT2D eigenvalue weighted by atomic mass is 16.5. The number of furan rings is 1. The summed E-state index contributed by atoms with van der Waals surface area (Å²) < 4.78 is 16.3. The molecule has 1 aromatic heterocycles. The van der Waals surface area contributed by atoms with E-state index >= 15 is 0 Å². The van der Waals surface area contributed by atoms with Gasteiger partial charge in [0, 0.05) is 5.39 Å². The van der Waals surface area contributed by atoms with Crippen molar-refractivity contribution in [2.75, 3.05) is 13.7 Å². The summed E-state index contributed by atoms with van der Waals surface area (Å²) in [6, 6.07) is 15.6. The molecule has 1 heterocycles. The molecule has 3 aromatic rings. The molecule has 1 atom stereocenters. The molecule has 0 unspecified atom stereocenters. The number of methoxy groups -OCH3 is 1. The highest BCUT2D eigenvalue weighted by molar-refractivity contribution is 5.96. The van der Waals surface area contributed by atoms with Gasteiger partial charge in [0.25, 0.3) is 5.91 Å². The molecule has 0 aliphatic heterocycles. The van der Waals surface area contributed by atoms with Crippen molar-refractivity contribution in [3.05, 3.63) is 65.9 Å². The van der Waals surface area contributed by atoms with Crippen LogP contribution in [0.5, 0.6) is 5.75 Å². The molecule has 0 radical (unpaired) electrons. The van der Waals surface area contributed by atoms with Gasteiger partial charge in [0.2, 0.25) is 0 Å². The third-order valence-corrected chi connectivity index (χ3v) is 4.13. The van der Waals surface area contributed by atoms with Crippen molar-refractivity contribution in [1.29, 1.82) is 0 Å². The molecule has 0 fully saturated rings. The normalized spacial score (nSPS) is 11.9. The Hall–Kier alpha value is -3.32. The van der Waals surface area contributed by atoms with E-state index in [2.05, 4.69) is 5.32 Å². The summed E-state index contributed by atoms with van der Waals surface area (Å²) in [6.45, 7) is 0.401. The quantitative estimate of drug-likeness (QED) is 0.589. The van der Waals surface area contributed by atoms with Crippen molar-refractivity contribution in [3.63, 3.8) is 0 Å². The van der Waals surface area contributed by atoms with Crippen LogP contribution in [0.2, 0.25) is 0 Å². The molecule has 0 saturated carbocycles. The summed E-state index contributed by atoms with van der Waals surface area (Å²) >= 11 is 0. The van der Waals surface area contributed by atoms with Crippen molar-refractivity contribution in [2.45, 2.75) is 19.1 Å². The zero-order valence-corrected chi connectivity index (χ0v) is 15.4. The molecule has 7 heteroatoms. The van der Waals surface area contributed by atoms with Crippen LogP contribution in [-0.2, 0) is 16.1 Å². The van der Waals surface area contributed by atoms with Gasteiger partial charge in [0.05, 0.1) is 32.8 Å². The fourth-order valence-corrected chi connectivity index (χ4v) is 2.77. The van der Waals surface area contributed by atoms with Gasteiger partial charge in [-0.05, 0) is 29.8 Å². The highest BCUT2D eigenvalue weighted by Crippen LogP contribution is 2.24. The number of nitrogens with one attached hydrogen (secondary N) is 1. The van der Waals surface area contributed by atoms with Crippen molar-refractivity contribution in [1.82, 2.24) is 5.32 Å². The van der Waals surface area contributed by atoms with Gasteiger partial charge in [-0.1, -0.05) is 30.3 Å². The monoisotopic (exact) mass is 383 g/mol. The average molecular weight is 383 g/mol. The second kappa shape index (κ2) is 9.05. The Morgan fingerprint density at radius 3 is 2.64 bits per heavy atom. The number of carboxylic acid groups (broad SMARTS) is 1. The summed E-state index contributed by atoms with van der Waals surface area (Å²) in [6.07, 6.45) is -0.255. The topological polar surface area (TPSA) is 98.0 Å². The van der Waals surface area contributed by atoms with Crippen molar-refractivity contribution in [2.24, 2.45) is 0 Å². The number of aliphatic carboxylic acids is 1. The number of rotatable bonds is 9. The van der Waals surface area contributed by atoms with E-state index in [0.717, 1.165) is 10.9 Å². The molecule has 2 aromatic carbocycles. The summed E-state index contributed by atoms with van der Waals surface area (Å²) in [5.74, 6) is -0.771. The highest BCUT2D eigenvalue weighted by Gasteiger charge is 2.20. The standard InChI is InChI=1S/C21H21NO6/c1-26-17-7-8-18-15(9-17)10-19(28-18)21(25)22-16(11-20(23)24)13-27-12-14-5-3-2-4-6-14/h2-10,16H,11-13H2,1H3,(H,22,25)(H,23,24)/t16-/m0/s1. The fraction of sp³-hybridized carbons (Fsp3) is 0.238. The number of amides is 1. The molecule has 0 bridgehead atoms. The third kappa shape index (κ3) is 5.11. The van der Waals surface area contributed by atoms with Gasteiger partial charge >= 0.3 is 5.97 Å². The van der Waals surface area contributed by atoms with Crippen molar-refractivity contribution in [3.8, 4) is 5.75 Å². The molecular weight excluding hydrogens is 362 g/mol. The Morgan fingerprint density at radius 2 is 1.93 bits per heavy atom. The number of ether oxygens (including phenoxy) is 2. The van der Waals surface area contributed by atoms with Crippen molar-refractivity contribution >= 4 is 22.8 Å². The first-order valence-electron chi connectivity index (χ1n) is 8.77. The maximum Gasteiger partial charge on any atom is 0.305 e. The summed E-state index contributed by atoms with van der Waals surface area (Å²) in [5, 5.41) is 12.5. The predicted octanol–water partition coefficient (Wildman–Crippen LogP) is 3.23. The number of carbonyl (C=O) groups is 2. The molecule has 0 spiro atoms. The molecule has 0 saturated heterocycles. The Morgan fingerprint density at radius 1 is 1.14 bits per heavy atom. The second-order valence-corrected chi connectivity index (χ2v) is 6.28. The van der Waals surface area contributed by atoms with E-state index < -0.39 is 17.9 Å². The summed E-state index contributed by atoms with van der Waals surface area (Å²) in [4.78, 5) is 23.6. The van der Waals surface area contributed by atoms with Crippen LogP contribution < -0.4 is 10.1 Å². The van der Waals surface area contributed by atoms with Gasteiger partial charge in [-0.2, -0.15) is 0 Å². The van der Waals surface area contributed by atoms with Crippen LogP contribution in [0.25, 0.3) is 11.0 Å². The molecule has 28 heavy (non-hydrogen) atoms. The van der Waals surface area contributed by atoms with E-state index in [1.54, 1.807) is 31.4 Å². The van der Waals surface area contributed by atoms with Gasteiger partial charge in [0.1, 0.15) is 11.3 Å². The molecule has 2 N–H and O–H groups in total. The van der Waals surface area contributed by atoms with E-state index in [0.29, 0.717) is 17.9 Å². The third-order valence-electron chi connectivity index (χ3n) is 4.13. The van der Waals surface area contributed by atoms with Crippen LogP contribution in [0.3, 0.4) is 0 Å². The first-order chi connectivity index (χ1) is 13.5. The van der Waals surface area contributed by atoms with Crippen LogP contribution >= 0.6 is 0 Å². The van der Waals surface area contributed by atoms with Crippen LogP contribution in [0.4, 0.5) is 0 Å². The van der Waals surface area contributed by atoms with E-state index in [-0.39, 0.29) is 18.8 Å². The lowest BCUT2D eigenvalue weighted by atomic mass is 10.2. The summed E-state index contributed by atoms with van der Waals surface area (Å²) in [7, 11) is 1.56. The number of benzene rings is 2. The molecular formula is C21H21NO6. The van der Waals surface area contributed by atoms with Gasteiger partial charge in [-0.3, -0.25) is 9.59 Å². The number of hydrogen-bond donors (Lipinski definition) is 2. The Kier molecular flexibility index (Phi) is 6.29. The SMILES string of the molecule is COc1ccc2oc(C(=O)N[C@H](COCc3ccccc3)CC(=O)O)cc2c1. The maximum atomic E-state index is 12.5. The molecule has 0 aliphatic carbocycles. The number of fused-ring (bicyclic) bond motifs is 1. The van der Waals surface area contributed by atoms with Gasteiger partial charge in [-0.15, -0.1) is 0 Å². The lowest BCUT2D eigenvalue weighted by Gasteiger charge is -2.16. The number of carboxylic acids is 1. The van der Waals surface area contributed by atoms with Gasteiger partial charge < -0.3 is 24.3 Å². The minimum absolute atomic E-state index is 0.0704. The minimum atomic E-state index is -1.03. The molecule has 7 nitrogen and oxygen atoms in total. The summed E-state index contributed by atoms with van der Waals surface area (Å²) in [5.41, 5.74) is 1.51. The molecule has 1 amide bonds. The van der Waals surface area contributed by atoms with Gasteiger partial charge in [-0.25, -0.2) is 0 Å². The van der Waals surface area contributed by atoms with Crippen molar-refractivity contribution < 1.29 is 28.6 Å². The first kappa shape index (κ1) is 19.4. The number of hydrogen-bond acceptors (Lipinski definition) is 5. The second-order valence-electron chi connectivity index (χ2n) is 6.28. The molecule has 146 valence electrons. The molecule has 0 aliphatic rings. The largest absolute Gasteiger partial charge is 0.497 e. The van der Waals surface area contributed by atoms with Crippen LogP contribution in [0.15, 0.2) is 59.0 Å². The number of carbonyl (C=O) groups excluding carboxylic acids is 1. The average Bonchev–Trinajstić information content (AvgIpc) is 3.11. The van der Waals surface area contributed by atoms with Crippen LogP contribution in [0.1, 0.15) is 22.5 Å². The predicted molar refractivity (Wildman–Crippen MR) is 102 cm³/mol. The lowest BCUT2D eigenvalue weighted by Crippen LogP contribution is -2.39. The Balaban J connectivity index is 1.64. The zero-order valence-electron chi connectivity index (χ0n) is 15.4. The van der Waals surface area contributed by atoms with E-state index in [4.69, 9.17) is 19.0 Å². The Bertz CT molecular complexity index is 950. The molecule has 3 rings (SSSR count). The van der Waals surface area contributed by atoms with Gasteiger partial charge in [0.15, 0.2) is 5.76 Å². The van der Waals surface area contributed by atoms with Crippen LogP contribution in [-0.4, -0.2) is 36.7 Å². The maximum absolute atomic E-state index is 12.5. The fourth-order valence-electron chi connectivity index (χ4n) is 2.77. The first-order valence-corrected chi connectivity index (χ1v) is 8.77. The van der Waals surface area contributed by atoms with E-state index in [1.807, 2.05) is 30.3 Å².